The lowest BCUT2D eigenvalue weighted by Crippen LogP contribution is -2.52. The van der Waals surface area contributed by atoms with Crippen LogP contribution in [-0.4, -0.2) is 148 Å². The molecule has 0 N–H and O–H groups in total. The second-order valence-electron chi connectivity index (χ2n) is 21.3. The van der Waals surface area contributed by atoms with Gasteiger partial charge in [0.1, 0.15) is 0 Å². The minimum atomic E-state index is -0.654. The Morgan fingerprint density at radius 2 is 0.676 bits per heavy atom. The second-order valence-corrected chi connectivity index (χ2v) is 21.3. The van der Waals surface area contributed by atoms with Gasteiger partial charge in [-0.3, -0.25) is 20.0 Å². The fourth-order valence-corrected chi connectivity index (χ4v) is 14.3. The monoisotopic (exact) mass is 941 g/mol. The van der Waals surface area contributed by atoms with E-state index in [-0.39, 0.29) is 0 Å². The van der Waals surface area contributed by atoms with Crippen LogP contribution in [0.1, 0.15) is 73.6 Å². The van der Waals surface area contributed by atoms with Crippen molar-refractivity contribution in [3.05, 3.63) is 119 Å². The Morgan fingerprint density at radius 1 is 0.310 bits per heavy atom. The third kappa shape index (κ3) is 6.40. The Hall–Kier alpha value is -6.82. The molecule has 2 aliphatic carbocycles. The van der Waals surface area contributed by atoms with Crippen molar-refractivity contribution in [1.82, 2.24) is 19.6 Å². The molecule has 5 aromatic rings. The van der Waals surface area contributed by atoms with Gasteiger partial charge in [0.25, 0.3) is 0 Å². The fourth-order valence-electron chi connectivity index (χ4n) is 14.3. The lowest BCUT2D eigenvalue weighted by atomic mass is 9.70. The summed E-state index contributed by atoms with van der Waals surface area (Å²) < 4.78 is 0. The van der Waals surface area contributed by atoms with Gasteiger partial charge in [-0.1, -0.05) is 48.5 Å². The molecule has 0 radical (unpaired) electrons. The largest absolute Gasteiger partial charge is 0.342 e. The van der Waals surface area contributed by atoms with Crippen molar-refractivity contribution in [3.63, 3.8) is 0 Å². The van der Waals surface area contributed by atoms with Crippen LogP contribution in [0.2, 0.25) is 0 Å². The van der Waals surface area contributed by atoms with E-state index in [2.05, 4.69) is 136 Å². The highest BCUT2D eigenvalue weighted by Gasteiger charge is 2.54. The van der Waals surface area contributed by atoms with Crippen molar-refractivity contribution in [2.75, 3.05) is 124 Å². The van der Waals surface area contributed by atoms with E-state index in [4.69, 9.17) is 20.0 Å². The van der Waals surface area contributed by atoms with Gasteiger partial charge >= 0.3 is 0 Å². The molecule has 12 heteroatoms. The molecule has 0 bridgehead atoms. The molecular weight excluding hydrogens is 877 g/mol. The van der Waals surface area contributed by atoms with E-state index in [1.165, 1.54) is 78.4 Å². The number of hydrogen-bond donors (Lipinski definition) is 0. The van der Waals surface area contributed by atoms with Crippen LogP contribution in [0.25, 0.3) is 33.4 Å². The molecule has 0 amide bonds. The molecule has 0 atom stereocenters. The Bertz CT molecular complexity index is 3010. The molecule has 71 heavy (non-hydrogen) atoms. The zero-order chi connectivity index (χ0) is 46.6. The predicted molar refractivity (Wildman–Crippen MR) is 290 cm³/mol. The summed E-state index contributed by atoms with van der Waals surface area (Å²) in [6.45, 7) is 15.9. The fraction of sp³-hybridized carbons (Fsp3) is 0.424. The first-order valence-corrected chi connectivity index (χ1v) is 27.2. The highest BCUT2D eigenvalue weighted by atomic mass is 15.4. The Labute approximate surface area is 418 Å². The number of fused-ring (bicyclic) bond motifs is 14. The van der Waals surface area contributed by atoms with Crippen molar-refractivity contribution in [1.29, 1.82) is 0 Å². The number of rotatable bonds is 5. The molecule has 1 spiro atoms. The molecule has 0 saturated carbocycles. The third-order valence-corrected chi connectivity index (χ3v) is 17.3. The van der Waals surface area contributed by atoms with E-state index < -0.39 is 5.41 Å². The number of guanidine groups is 4. The quantitative estimate of drug-likeness (QED) is 0.170. The lowest BCUT2D eigenvalue weighted by molar-refractivity contribution is 0.360. The summed E-state index contributed by atoms with van der Waals surface area (Å²) in [5.74, 6) is 4.57. The van der Waals surface area contributed by atoms with Gasteiger partial charge in [0.2, 0.25) is 23.8 Å². The maximum absolute atomic E-state index is 5.30. The zero-order valence-corrected chi connectivity index (χ0v) is 41.1. The third-order valence-electron chi connectivity index (χ3n) is 17.3. The van der Waals surface area contributed by atoms with Gasteiger partial charge in [0.15, 0.2) is 0 Å². The number of anilines is 4. The topological polar surface area (TPSA) is 75.4 Å². The van der Waals surface area contributed by atoms with E-state index in [9.17, 15) is 0 Å². The molecular formula is C59H64N12. The van der Waals surface area contributed by atoms with Gasteiger partial charge in [-0.15, -0.1) is 0 Å². The zero-order valence-electron chi connectivity index (χ0n) is 41.1. The van der Waals surface area contributed by atoms with E-state index in [1.807, 2.05) is 0 Å². The van der Waals surface area contributed by atoms with Crippen LogP contribution in [-0.2, 0) is 5.41 Å². The smallest absolute Gasteiger partial charge is 0.201 e. The number of nitrogens with zero attached hydrogens (tertiary/aromatic N) is 12. The molecule has 8 heterocycles. The molecule has 4 saturated heterocycles. The average molecular weight is 941 g/mol. The Morgan fingerprint density at radius 3 is 1.11 bits per heavy atom. The van der Waals surface area contributed by atoms with Gasteiger partial charge < -0.3 is 39.2 Å². The minimum absolute atomic E-state index is 0.654. The van der Waals surface area contributed by atoms with Gasteiger partial charge in [0.05, 0.1) is 5.41 Å². The number of aliphatic imine (C=N–C) groups is 4. The minimum Gasteiger partial charge on any atom is -0.342 e. The van der Waals surface area contributed by atoms with Crippen molar-refractivity contribution in [3.8, 4) is 33.4 Å². The molecule has 0 aromatic heterocycles. The van der Waals surface area contributed by atoms with Gasteiger partial charge in [-0.25, -0.2) is 0 Å². The van der Waals surface area contributed by atoms with Crippen LogP contribution in [0.15, 0.2) is 117 Å². The van der Waals surface area contributed by atoms with E-state index in [1.54, 1.807) is 0 Å². The predicted octanol–water partition coefficient (Wildman–Crippen LogP) is 8.78. The van der Waals surface area contributed by atoms with E-state index in [0.717, 1.165) is 180 Å². The summed E-state index contributed by atoms with van der Waals surface area (Å²) in [5, 5.41) is 0. The summed E-state index contributed by atoms with van der Waals surface area (Å²) in [6.07, 6.45) is 8.93. The molecule has 12 nitrogen and oxygen atoms in total. The van der Waals surface area contributed by atoms with Crippen LogP contribution >= 0.6 is 0 Å². The number of hydrogen-bond acceptors (Lipinski definition) is 12. The average Bonchev–Trinajstić information content (AvgIpc) is 3.91. The van der Waals surface area contributed by atoms with Crippen molar-refractivity contribution < 1.29 is 0 Å². The van der Waals surface area contributed by atoms with Gasteiger partial charge in [-0.05, 0) is 156 Å². The lowest BCUT2D eigenvalue weighted by Gasteiger charge is -2.42. The van der Waals surface area contributed by atoms with Crippen molar-refractivity contribution >= 4 is 46.6 Å². The molecule has 15 rings (SSSR count). The van der Waals surface area contributed by atoms with Crippen LogP contribution < -0.4 is 19.6 Å². The summed E-state index contributed by atoms with van der Waals surface area (Å²) in [7, 11) is 0. The summed E-state index contributed by atoms with van der Waals surface area (Å²) in [6, 6.07) is 38.9. The highest BCUT2D eigenvalue weighted by molar-refractivity contribution is 6.07. The SMILES string of the molecule is c1ccc(-c2cc(N3CCCN4CCCN=C43)cc3c2-c2ccc(N4CCCN5CCCN=C54)cc2C32c3cc(N4CCCN5CCCN=C54)ccc3-c3ccc(N4CCCN5CCCN=C54)cc32)cc1. The maximum Gasteiger partial charge on any atom is 0.201 e. The van der Waals surface area contributed by atoms with Crippen molar-refractivity contribution in [2.24, 2.45) is 20.0 Å². The van der Waals surface area contributed by atoms with Gasteiger partial charge in [0, 0.05) is 127 Å². The molecule has 8 aliphatic heterocycles. The summed E-state index contributed by atoms with van der Waals surface area (Å²) in [5.41, 5.74) is 17.6. The first-order valence-electron chi connectivity index (χ1n) is 27.2. The first-order chi connectivity index (χ1) is 35.2. The summed E-state index contributed by atoms with van der Waals surface area (Å²) >= 11 is 0. The van der Waals surface area contributed by atoms with E-state index >= 15 is 0 Å². The molecule has 0 unspecified atom stereocenters. The van der Waals surface area contributed by atoms with Gasteiger partial charge in [-0.2, -0.15) is 0 Å². The molecule has 5 aromatic carbocycles. The Kier molecular flexibility index (Phi) is 9.82. The Balaban J connectivity index is 1.03. The summed E-state index contributed by atoms with van der Waals surface area (Å²) in [4.78, 5) is 41.4. The highest BCUT2D eigenvalue weighted by Crippen LogP contribution is 2.66. The van der Waals surface area contributed by atoms with Crippen LogP contribution in [0.4, 0.5) is 22.7 Å². The first kappa shape index (κ1) is 41.9. The molecule has 4 fully saturated rings. The van der Waals surface area contributed by atoms with Crippen LogP contribution in [0.3, 0.4) is 0 Å². The standard InChI is InChI=1S/C59H64N12/c1-2-12-41(13-3-1)49-36-45(71-35-11-31-67-27-7-23-63-58(67)71)40-53-54(49)48-19-16-44(70-34-10-30-66-26-6-22-62-57(66)70)39-52(48)59(53)50-37-42(68-32-8-28-64-24-4-20-60-55(64)68)14-17-46(50)47-18-15-43(38-51(47)59)69-33-9-29-65-25-5-21-61-56(65)69/h1-3,12-19,36-40H,4-11,20-35H2. The number of benzene rings is 5. The molecule has 10 aliphatic rings. The van der Waals surface area contributed by atoms with Crippen LogP contribution in [0, 0.1) is 0 Å². The normalized spacial score (nSPS) is 21.8. The second kappa shape index (κ2) is 16.6. The molecule has 360 valence electrons. The maximum atomic E-state index is 5.30. The van der Waals surface area contributed by atoms with E-state index in [0.29, 0.717) is 0 Å². The van der Waals surface area contributed by atoms with Crippen LogP contribution in [0.5, 0.6) is 0 Å². The van der Waals surface area contributed by atoms with Crippen molar-refractivity contribution in [2.45, 2.75) is 56.8 Å².